The van der Waals surface area contributed by atoms with Crippen LogP contribution in [0.4, 0.5) is 0 Å². The van der Waals surface area contributed by atoms with Crippen LogP contribution in [0.3, 0.4) is 0 Å². The second-order valence-corrected chi connectivity index (χ2v) is 8.64. The Kier molecular flexibility index (Phi) is 11.3. The lowest BCUT2D eigenvalue weighted by atomic mass is 10.1. The minimum absolute atomic E-state index is 0.0384. The van der Waals surface area contributed by atoms with Crippen LogP contribution in [0.15, 0.2) is 59.6 Å². The van der Waals surface area contributed by atoms with Crippen molar-refractivity contribution < 1.29 is 18.9 Å². The zero-order valence-corrected chi connectivity index (χ0v) is 20.2. The molecule has 0 aliphatic carbocycles. The summed E-state index contributed by atoms with van der Waals surface area (Å²) in [7, 11) is 1.68. The van der Waals surface area contributed by atoms with Gasteiger partial charge >= 0.3 is 0 Å². The van der Waals surface area contributed by atoms with Gasteiger partial charge in [-0.2, -0.15) is 0 Å². The average Bonchev–Trinajstić information content (AvgIpc) is 3.34. The molecule has 0 amide bonds. The molecule has 0 N–H and O–H groups in total. The van der Waals surface area contributed by atoms with Gasteiger partial charge in [0.15, 0.2) is 0 Å². The van der Waals surface area contributed by atoms with Gasteiger partial charge in [-0.05, 0) is 36.2 Å². The van der Waals surface area contributed by atoms with Gasteiger partial charge in [-0.25, -0.2) is 4.99 Å². The minimum Gasteiger partial charge on any atom is -0.497 e. The Morgan fingerprint density at radius 2 is 1.73 bits per heavy atom. The first-order chi connectivity index (χ1) is 16.3. The Hall–Kier alpha value is -2.37. The van der Waals surface area contributed by atoms with Gasteiger partial charge in [-0.3, -0.25) is 0 Å². The first kappa shape index (κ1) is 25.3. The van der Waals surface area contributed by atoms with Crippen LogP contribution >= 0.6 is 0 Å². The fraction of sp³-hybridized carbons (Fsp3) is 0.536. The van der Waals surface area contributed by atoms with Crippen LogP contribution in [0.1, 0.15) is 63.0 Å². The summed E-state index contributed by atoms with van der Waals surface area (Å²) in [5.74, 6) is 1.57. The number of rotatable bonds is 16. The zero-order chi connectivity index (χ0) is 23.1. The Bertz CT molecular complexity index is 806. The third kappa shape index (κ3) is 9.18. The Labute approximate surface area is 199 Å². The highest BCUT2D eigenvalue weighted by Gasteiger charge is 2.21. The largest absolute Gasteiger partial charge is 0.497 e. The average molecular weight is 454 g/mol. The topological polar surface area (TPSA) is 49.3 Å². The molecule has 0 bridgehead atoms. The van der Waals surface area contributed by atoms with E-state index in [4.69, 9.17) is 18.9 Å². The number of nitrogens with zero attached hydrogens (tertiary/aromatic N) is 1. The van der Waals surface area contributed by atoms with E-state index in [0.717, 1.165) is 23.3 Å². The second kappa shape index (κ2) is 14.7. The first-order valence-electron chi connectivity index (χ1n) is 12.4. The Balaban J connectivity index is 1.44. The molecule has 1 heterocycles. The Morgan fingerprint density at radius 3 is 2.48 bits per heavy atom. The van der Waals surface area contributed by atoms with Crippen molar-refractivity contribution in [2.45, 2.75) is 70.6 Å². The van der Waals surface area contributed by atoms with E-state index in [1.807, 2.05) is 42.5 Å². The first-order valence-corrected chi connectivity index (χ1v) is 12.4. The predicted molar refractivity (Wildman–Crippen MR) is 133 cm³/mol. The van der Waals surface area contributed by atoms with Crippen molar-refractivity contribution in [2.75, 3.05) is 26.9 Å². The summed E-state index contributed by atoms with van der Waals surface area (Å²) in [6, 6.07) is 18.1. The van der Waals surface area contributed by atoms with Gasteiger partial charge in [0, 0.05) is 5.56 Å². The van der Waals surface area contributed by atoms with Crippen LogP contribution in [0.2, 0.25) is 0 Å². The molecule has 2 atom stereocenters. The van der Waals surface area contributed by atoms with Crippen molar-refractivity contribution in [1.29, 1.82) is 0 Å². The smallest absolute Gasteiger partial charge is 0.216 e. The fourth-order valence-corrected chi connectivity index (χ4v) is 3.88. The SMILES string of the molecule is CCCCCCCCC(COC[C@@H]1COC(c2ccccc2)=N1)OCc1ccc(OC)cc1. The third-order valence-electron chi connectivity index (χ3n) is 5.87. The lowest BCUT2D eigenvalue weighted by molar-refractivity contribution is -0.0327. The lowest BCUT2D eigenvalue weighted by Gasteiger charge is -2.19. The standard InChI is InChI=1S/C28H39NO4/c1-3-4-5-6-7-11-14-27(32-19-23-15-17-26(30-2)18-16-23)22-31-20-25-21-33-28(29-25)24-12-9-8-10-13-24/h8-10,12-13,15-18,25,27H,3-7,11,14,19-22H2,1-2H3/t25-,27?/m1/s1. The molecular weight excluding hydrogens is 414 g/mol. The summed E-state index contributed by atoms with van der Waals surface area (Å²) in [4.78, 5) is 4.69. The number of hydrogen-bond donors (Lipinski definition) is 0. The summed E-state index contributed by atoms with van der Waals surface area (Å²) in [6.07, 6.45) is 8.76. The van der Waals surface area contributed by atoms with Crippen LogP contribution in [-0.2, 0) is 20.8 Å². The highest BCUT2D eigenvalue weighted by Crippen LogP contribution is 2.17. The summed E-state index contributed by atoms with van der Waals surface area (Å²) in [5.41, 5.74) is 2.16. The van der Waals surface area contributed by atoms with E-state index >= 15 is 0 Å². The molecule has 1 unspecified atom stereocenters. The molecule has 0 saturated heterocycles. The molecule has 33 heavy (non-hydrogen) atoms. The van der Waals surface area contributed by atoms with E-state index in [9.17, 15) is 0 Å². The van der Waals surface area contributed by atoms with Crippen molar-refractivity contribution in [1.82, 2.24) is 0 Å². The number of methoxy groups -OCH3 is 1. The molecule has 1 aliphatic rings. The predicted octanol–water partition coefficient (Wildman–Crippen LogP) is 6.19. The van der Waals surface area contributed by atoms with Crippen molar-refractivity contribution in [3.05, 3.63) is 65.7 Å². The van der Waals surface area contributed by atoms with E-state index in [2.05, 4.69) is 24.0 Å². The zero-order valence-electron chi connectivity index (χ0n) is 20.2. The van der Waals surface area contributed by atoms with E-state index in [1.165, 1.54) is 38.5 Å². The molecule has 5 heteroatoms. The number of ether oxygens (including phenoxy) is 4. The van der Waals surface area contributed by atoms with Gasteiger partial charge in [0.2, 0.25) is 5.90 Å². The van der Waals surface area contributed by atoms with Crippen LogP contribution in [0.25, 0.3) is 0 Å². The maximum atomic E-state index is 6.25. The molecule has 3 rings (SSSR count). The van der Waals surface area contributed by atoms with E-state index in [1.54, 1.807) is 7.11 Å². The number of unbranched alkanes of at least 4 members (excludes halogenated alkanes) is 5. The minimum atomic E-state index is 0.0384. The molecule has 0 radical (unpaired) electrons. The van der Waals surface area contributed by atoms with Gasteiger partial charge in [0.1, 0.15) is 18.4 Å². The summed E-state index contributed by atoms with van der Waals surface area (Å²) in [5, 5.41) is 0. The van der Waals surface area contributed by atoms with Gasteiger partial charge < -0.3 is 18.9 Å². The maximum Gasteiger partial charge on any atom is 0.216 e. The van der Waals surface area contributed by atoms with Crippen molar-refractivity contribution in [3.63, 3.8) is 0 Å². The van der Waals surface area contributed by atoms with Crippen LogP contribution < -0.4 is 4.74 Å². The van der Waals surface area contributed by atoms with Crippen LogP contribution in [0.5, 0.6) is 5.75 Å². The quantitative estimate of drug-likeness (QED) is 0.284. The maximum absolute atomic E-state index is 6.25. The molecule has 1 aliphatic heterocycles. The highest BCUT2D eigenvalue weighted by atomic mass is 16.5. The third-order valence-corrected chi connectivity index (χ3v) is 5.87. The van der Waals surface area contributed by atoms with Gasteiger partial charge in [0.05, 0.1) is 33.0 Å². The fourth-order valence-electron chi connectivity index (χ4n) is 3.88. The van der Waals surface area contributed by atoms with Crippen molar-refractivity contribution in [3.8, 4) is 5.75 Å². The van der Waals surface area contributed by atoms with E-state index in [-0.39, 0.29) is 12.1 Å². The molecular formula is C28H39NO4. The second-order valence-electron chi connectivity index (χ2n) is 8.64. The van der Waals surface area contributed by atoms with Gasteiger partial charge in [-0.1, -0.05) is 75.8 Å². The number of benzene rings is 2. The number of aliphatic imine (C=N–C) groups is 1. The molecule has 0 fully saturated rings. The highest BCUT2D eigenvalue weighted by molar-refractivity contribution is 5.95. The monoisotopic (exact) mass is 453 g/mol. The summed E-state index contributed by atoms with van der Waals surface area (Å²) >= 11 is 0. The Morgan fingerprint density at radius 1 is 0.970 bits per heavy atom. The molecule has 0 aromatic heterocycles. The van der Waals surface area contributed by atoms with Crippen molar-refractivity contribution >= 4 is 5.90 Å². The molecule has 0 saturated carbocycles. The normalized spacial score (nSPS) is 16.3. The molecule has 0 spiro atoms. The van der Waals surface area contributed by atoms with Crippen LogP contribution in [0, 0.1) is 0 Å². The molecule has 2 aromatic rings. The summed E-state index contributed by atoms with van der Waals surface area (Å²) < 4.78 is 23.3. The number of hydrogen-bond acceptors (Lipinski definition) is 5. The van der Waals surface area contributed by atoms with Gasteiger partial charge in [-0.15, -0.1) is 0 Å². The van der Waals surface area contributed by atoms with Gasteiger partial charge in [0.25, 0.3) is 0 Å². The molecule has 180 valence electrons. The van der Waals surface area contributed by atoms with E-state index < -0.39 is 0 Å². The van der Waals surface area contributed by atoms with Crippen LogP contribution in [-0.4, -0.2) is 45.0 Å². The molecule has 2 aromatic carbocycles. The summed E-state index contributed by atoms with van der Waals surface area (Å²) in [6.45, 7) is 4.53. The van der Waals surface area contributed by atoms with E-state index in [0.29, 0.717) is 32.3 Å². The van der Waals surface area contributed by atoms with Crippen molar-refractivity contribution in [2.24, 2.45) is 4.99 Å². The lowest BCUT2D eigenvalue weighted by Crippen LogP contribution is -2.24. The molecule has 5 nitrogen and oxygen atoms in total.